The Hall–Kier alpha value is -2.29. The summed E-state index contributed by atoms with van der Waals surface area (Å²) < 4.78 is 4.19. The monoisotopic (exact) mass is 325 g/mol. The van der Waals surface area contributed by atoms with Crippen molar-refractivity contribution in [1.82, 2.24) is 0 Å². The molecule has 1 aromatic rings. The molecule has 0 spiro atoms. The molecule has 1 atom stereocenters. The first-order valence-electron chi connectivity index (χ1n) is 6.33. The molecular formula is C13H15N3O5S. The lowest BCUT2D eigenvalue weighted by atomic mass is 10.0. The van der Waals surface area contributed by atoms with Crippen LogP contribution in [0.5, 0.6) is 5.75 Å². The Morgan fingerprint density at radius 2 is 2.23 bits per heavy atom. The second-order valence-electron chi connectivity index (χ2n) is 5.15. The lowest BCUT2D eigenvalue weighted by Gasteiger charge is -2.21. The zero-order valence-corrected chi connectivity index (χ0v) is 13.0. The Bertz CT molecular complexity index is 659. The summed E-state index contributed by atoms with van der Waals surface area (Å²) in [4.78, 5) is 26.2. The third kappa shape index (κ3) is 3.14. The zero-order valence-electron chi connectivity index (χ0n) is 12.2. The summed E-state index contributed by atoms with van der Waals surface area (Å²) in [5.41, 5.74) is -0.00515. The van der Waals surface area contributed by atoms with E-state index in [2.05, 4.69) is 10.3 Å². The molecule has 1 heterocycles. The number of nitrogens with zero attached hydrogens (tertiary/aromatic N) is 2. The molecule has 1 aliphatic rings. The second-order valence-corrected chi connectivity index (χ2v) is 6.79. The molecule has 0 amide bonds. The number of carbonyl (C=O) groups is 1. The fourth-order valence-corrected chi connectivity index (χ4v) is 3.04. The van der Waals surface area contributed by atoms with Gasteiger partial charge in [-0.15, -0.1) is 0 Å². The fourth-order valence-electron chi connectivity index (χ4n) is 1.96. The highest BCUT2D eigenvalue weighted by molar-refractivity contribution is 8.15. The van der Waals surface area contributed by atoms with E-state index in [0.717, 1.165) is 0 Å². The van der Waals surface area contributed by atoms with E-state index in [9.17, 15) is 20.0 Å². The van der Waals surface area contributed by atoms with Crippen LogP contribution in [-0.2, 0) is 9.53 Å². The van der Waals surface area contributed by atoms with E-state index >= 15 is 0 Å². The standard InChI is InChI=1S/C13H15N3O5S/c1-13(2)10(11(18)21-3)15-12(22-13)14-8-6-7(16(19)20)4-5-9(8)17/h4-6,10,17H,1-3H3,(H,14,15)/t10-/m0/s1. The molecule has 118 valence electrons. The van der Waals surface area contributed by atoms with Gasteiger partial charge in [0.1, 0.15) is 5.75 Å². The van der Waals surface area contributed by atoms with Crippen LogP contribution in [-0.4, -0.2) is 39.1 Å². The van der Waals surface area contributed by atoms with Crippen molar-refractivity contribution in [2.24, 2.45) is 4.99 Å². The van der Waals surface area contributed by atoms with Gasteiger partial charge in [0.15, 0.2) is 11.2 Å². The molecule has 0 aromatic heterocycles. The van der Waals surface area contributed by atoms with E-state index in [-0.39, 0.29) is 17.1 Å². The largest absolute Gasteiger partial charge is 0.506 e. The van der Waals surface area contributed by atoms with Crippen LogP contribution in [0.4, 0.5) is 11.4 Å². The van der Waals surface area contributed by atoms with Crippen molar-refractivity contribution < 1.29 is 19.6 Å². The molecule has 0 aliphatic carbocycles. The molecular weight excluding hydrogens is 310 g/mol. The second kappa shape index (κ2) is 5.84. The van der Waals surface area contributed by atoms with Gasteiger partial charge >= 0.3 is 5.97 Å². The van der Waals surface area contributed by atoms with Crippen molar-refractivity contribution >= 4 is 34.3 Å². The maximum absolute atomic E-state index is 11.7. The van der Waals surface area contributed by atoms with Gasteiger partial charge in [-0.25, -0.2) is 9.79 Å². The first-order valence-corrected chi connectivity index (χ1v) is 7.15. The van der Waals surface area contributed by atoms with Crippen molar-refractivity contribution in [3.63, 3.8) is 0 Å². The number of carbonyl (C=O) groups excluding carboxylic acids is 1. The van der Waals surface area contributed by atoms with Crippen molar-refractivity contribution in [2.75, 3.05) is 12.4 Å². The number of benzene rings is 1. The van der Waals surface area contributed by atoms with Crippen LogP contribution >= 0.6 is 11.8 Å². The number of ether oxygens (including phenoxy) is 1. The Kier molecular flexibility index (Phi) is 4.27. The van der Waals surface area contributed by atoms with Crippen LogP contribution in [0.25, 0.3) is 0 Å². The van der Waals surface area contributed by atoms with Crippen LogP contribution in [0, 0.1) is 10.1 Å². The predicted molar refractivity (Wildman–Crippen MR) is 83.3 cm³/mol. The molecule has 2 rings (SSSR count). The van der Waals surface area contributed by atoms with Crippen molar-refractivity contribution in [3.8, 4) is 5.75 Å². The summed E-state index contributed by atoms with van der Waals surface area (Å²) in [6.07, 6.45) is 0. The number of rotatable bonds is 3. The van der Waals surface area contributed by atoms with Gasteiger partial charge in [-0.2, -0.15) is 0 Å². The summed E-state index contributed by atoms with van der Waals surface area (Å²) in [5.74, 6) is -0.606. The Morgan fingerprint density at radius 3 is 2.82 bits per heavy atom. The normalized spacial score (nSPS) is 19.4. The molecule has 1 aliphatic heterocycles. The molecule has 0 radical (unpaired) electrons. The smallest absolute Gasteiger partial charge is 0.332 e. The number of hydrogen-bond acceptors (Lipinski definition) is 8. The number of thioether (sulfide) groups is 1. The molecule has 0 unspecified atom stereocenters. The van der Waals surface area contributed by atoms with Crippen LogP contribution in [0.15, 0.2) is 23.2 Å². The summed E-state index contributed by atoms with van der Waals surface area (Å²) in [6, 6.07) is 2.94. The molecule has 0 bridgehead atoms. The number of phenolic OH excluding ortho intramolecular Hbond substituents is 1. The summed E-state index contributed by atoms with van der Waals surface area (Å²) in [5, 5.41) is 23.8. The first-order chi connectivity index (χ1) is 10.2. The minimum atomic E-state index is -0.689. The molecule has 1 aromatic carbocycles. The van der Waals surface area contributed by atoms with Crippen LogP contribution < -0.4 is 5.32 Å². The molecule has 0 saturated carbocycles. The number of aliphatic imine (C=N–C) groups is 1. The van der Waals surface area contributed by atoms with Gasteiger partial charge in [0, 0.05) is 12.1 Å². The number of nitro benzene ring substituents is 1. The highest BCUT2D eigenvalue weighted by atomic mass is 32.2. The highest BCUT2D eigenvalue weighted by Gasteiger charge is 2.43. The Labute approximate surface area is 130 Å². The number of aromatic hydroxyl groups is 1. The van der Waals surface area contributed by atoms with E-state index in [1.165, 1.54) is 37.1 Å². The molecule has 2 N–H and O–H groups in total. The number of non-ortho nitro benzene ring substituents is 1. The van der Waals surface area contributed by atoms with Gasteiger partial charge in [0.2, 0.25) is 0 Å². The van der Waals surface area contributed by atoms with E-state index in [4.69, 9.17) is 4.74 Å². The number of methoxy groups -OCH3 is 1. The molecule has 9 heteroatoms. The van der Waals surface area contributed by atoms with E-state index in [0.29, 0.717) is 5.17 Å². The van der Waals surface area contributed by atoms with Gasteiger partial charge in [0.05, 0.1) is 22.5 Å². The number of nitro groups is 1. The van der Waals surface area contributed by atoms with E-state index in [1.807, 2.05) is 13.8 Å². The zero-order chi connectivity index (χ0) is 16.5. The third-order valence-corrected chi connectivity index (χ3v) is 4.27. The number of amidine groups is 1. The number of anilines is 1. The van der Waals surface area contributed by atoms with Crippen LogP contribution in [0.3, 0.4) is 0 Å². The van der Waals surface area contributed by atoms with Gasteiger partial charge in [-0.05, 0) is 19.9 Å². The fraction of sp³-hybridized carbons (Fsp3) is 0.385. The predicted octanol–water partition coefficient (Wildman–Crippen LogP) is 2.14. The van der Waals surface area contributed by atoms with Crippen LogP contribution in [0.2, 0.25) is 0 Å². The van der Waals surface area contributed by atoms with Gasteiger partial charge in [-0.3, -0.25) is 10.1 Å². The SMILES string of the molecule is COC(=O)[C@@H]1N=C(Nc2cc([N+](=O)[O-])ccc2O)SC1(C)C. The number of nitrogens with one attached hydrogen (secondary N) is 1. The maximum Gasteiger partial charge on any atom is 0.332 e. The number of phenols is 1. The minimum Gasteiger partial charge on any atom is -0.506 e. The summed E-state index contributed by atoms with van der Waals surface area (Å²) in [6.45, 7) is 3.68. The van der Waals surface area contributed by atoms with Crippen molar-refractivity contribution in [2.45, 2.75) is 24.6 Å². The lowest BCUT2D eigenvalue weighted by molar-refractivity contribution is -0.384. The topological polar surface area (TPSA) is 114 Å². The molecule has 22 heavy (non-hydrogen) atoms. The summed E-state index contributed by atoms with van der Waals surface area (Å²) in [7, 11) is 1.29. The molecule has 0 saturated heterocycles. The maximum atomic E-state index is 11.7. The first kappa shape index (κ1) is 16.1. The number of hydrogen-bond donors (Lipinski definition) is 2. The van der Waals surface area contributed by atoms with E-state index < -0.39 is 21.7 Å². The average molecular weight is 325 g/mol. The third-order valence-electron chi connectivity index (χ3n) is 3.12. The van der Waals surface area contributed by atoms with Crippen LogP contribution in [0.1, 0.15) is 13.8 Å². The average Bonchev–Trinajstić information content (AvgIpc) is 2.74. The quantitative estimate of drug-likeness (QED) is 0.379. The molecule has 8 nitrogen and oxygen atoms in total. The Morgan fingerprint density at radius 1 is 1.55 bits per heavy atom. The number of esters is 1. The van der Waals surface area contributed by atoms with E-state index in [1.54, 1.807) is 0 Å². The van der Waals surface area contributed by atoms with Gasteiger partial charge < -0.3 is 15.2 Å². The van der Waals surface area contributed by atoms with Crippen molar-refractivity contribution in [1.29, 1.82) is 0 Å². The molecule has 0 fully saturated rings. The minimum absolute atomic E-state index is 0.145. The van der Waals surface area contributed by atoms with Crippen molar-refractivity contribution in [3.05, 3.63) is 28.3 Å². The summed E-state index contributed by atoms with van der Waals surface area (Å²) >= 11 is 1.29. The van der Waals surface area contributed by atoms with Gasteiger partial charge in [0.25, 0.3) is 5.69 Å². The Balaban J connectivity index is 2.26. The van der Waals surface area contributed by atoms with Gasteiger partial charge in [-0.1, -0.05) is 11.8 Å². The highest BCUT2D eigenvalue weighted by Crippen LogP contribution is 2.39. The lowest BCUT2D eigenvalue weighted by Crippen LogP contribution is -2.35.